The molecule has 0 saturated carbocycles. The Labute approximate surface area is 89.9 Å². The van der Waals surface area contributed by atoms with Crippen LogP contribution in [0.4, 0.5) is 0 Å². The SMILES string of the molecule is CC(O)CCCN(OCCO)OCCO. The van der Waals surface area contributed by atoms with Gasteiger partial charge in [-0.15, -0.1) is 0 Å². The van der Waals surface area contributed by atoms with Crippen molar-refractivity contribution >= 4 is 0 Å². The first kappa shape index (κ1) is 14.8. The molecule has 1 unspecified atom stereocenters. The van der Waals surface area contributed by atoms with Crippen molar-refractivity contribution in [2.24, 2.45) is 0 Å². The summed E-state index contributed by atoms with van der Waals surface area (Å²) in [4.78, 5) is 10.1. The quantitative estimate of drug-likeness (QED) is 0.425. The number of rotatable bonds is 10. The van der Waals surface area contributed by atoms with Gasteiger partial charge in [0.05, 0.1) is 39.1 Å². The van der Waals surface area contributed by atoms with Crippen molar-refractivity contribution < 1.29 is 25.0 Å². The molecule has 0 bridgehead atoms. The average Bonchev–Trinajstić information content (AvgIpc) is 2.20. The summed E-state index contributed by atoms with van der Waals surface area (Å²) < 4.78 is 0. The monoisotopic (exact) mass is 223 g/mol. The van der Waals surface area contributed by atoms with Gasteiger partial charge in [-0.05, 0) is 19.8 Å². The van der Waals surface area contributed by atoms with Crippen molar-refractivity contribution in [2.75, 3.05) is 33.0 Å². The Hall–Kier alpha value is -0.240. The van der Waals surface area contributed by atoms with Gasteiger partial charge in [-0.3, -0.25) is 9.68 Å². The smallest absolute Gasteiger partial charge is 0.0942 e. The summed E-state index contributed by atoms with van der Waals surface area (Å²) in [5.41, 5.74) is 0. The molecule has 0 radical (unpaired) electrons. The van der Waals surface area contributed by atoms with E-state index in [0.717, 1.165) is 0 Å². The molecule has 6 heteroatoms. The molecule has 0 aromatic rings. The van der Waals surface area contributed by atoms with Gasteiger partial charge >= 0.3 is 0 Å². The van der Waals surface area contributed by atoms with Crippen molar-refractivity contribution in [3.63, 3.8) is 0 Å². The van der Waals surface area contributed by atoms with Crippen molar-refractivity contribution in [1.82, 2.24) is 5.23 Å². The molecular weight excluding hydrogens is 202 g/mol. The summed E-state index contributed by atoms with van der Waals surface area (Å²) >= 11 is 0. The summed E-state index contributed by atoms with van der Waals surface area (Å²) in [6.45, 7) is 2.34. The van der Waals surface area contributed by atoms with Gasteiger partial charge in [0, 0.05) is 0 Å². The molecule has 6 nitrogen and oxygen atoms in total. The lowest BCUT2D eigenvalue weighted by Crippen LogP contribution is -2.28. The van der Waals surface area contributed by atoms with E-state index in [1.165, 1.54) is 5.23 Å². The number of hydroxylamine groups is 2. The summed E-state index contributed by atoms with van der Waals surface area (Å²) in [5.74, 6) is 0. The molecule has 0 fully saturated rings. The molecule has 0 saturated heterocycles. The van der Waals surface area contributed by atoms with Crippen molar-refractivity contribution in [2.45, 2.75) is 25.9 Å². The number of hydrogen-bond donors (Lipinski definition) is 3. The van der Waals surface area contributed by atoms with Gasteiger partial charge in [-0.2, -0.15) is 0 Å². The van der Waals surface area contributed by atoms with Crippen LogP contribution >= 0.6 is 0 Å². The lowest BCUT2D eigenvalue weighted by Gasteiger charge is -2.20. The van der Waals surface area contributed by atoms with Gasteiger partial charge in [0.15, 0.2) is 0 Å². The number of hydrogen-bond acceptors (Lipinski definition) is 6. The van der Waals surface area contributed by atoms with E-state index in [1.807, 2.05) is 0 Å². The molecule has 0 aromatic heterocycles. The van der Waals surface area contributed by atoms with Gasteiger partial charge in [0.1, 0.15) is 0 Å². The van der Waals surface area contributed by atoms with Crippen LogP contribution in [-0.4, -0.2) is 59.6 Å². The molecular formula is C9H21NO5. The predicted molar refractivity (Wildman–Crippen MR) is 53.7 cm³/mol. The fourth-order valence-corrected chi connectivity index (χ4v) is 0.967. The topological polar surface area (TPSA) is 82.4 Å². The van der Waals surface area contributed by atoms with Gasteiger partial charge < -0.3 is 15.3 Å². The van der Waals surface area contributed by atoms with Crippen LogP contribution in [0.2, 0.25) is 0 Å². The molecule has 0 spiro atoms. The Morgan fingerprint density at radius 2 is 1.67 bits per heavy atom. The third kappa shape index (κ3) is 10.1. The Morgan fingerprint density at radius 3 is 2.07 bits per heavy atom. The Kier molecular flexibility index (Phi) is 10.1. The molecule has 0 aliphatic heterocycles. The normalized spacial score (nSPS) is 13.4. The van der Waals surface area contributed by atoms with Crippen LogP contribution in [0.5, 0.6) is 0 Å². The largest absolute Gasteiger partial charge is 0.394 e. The minimum Gasteiger partial charge on any atom is -0.394 e. The van der Waals surface area contributed by atoms with Crippen LogP contribution in [0.1, 0.15) is 19.8 Å². The fourth-order valence-electron chi connectivity index (χ4n) is 0.967. The lowest BCUT2D eigenvalue weighted by molar-refractivity contribution is -0.371. The van der Waals surface area contributed by atoms with E-state index in [0.29, 0.717) is 19.4 Å². The molecule has 0 aliphatic rings. The molecule has 92 valence electrons. The molecule has 0 rings (SSSR count). The summed E-state index contributed by atoms with van der Waals surface area (Å²) in [6.07, 6.45) is 1.03. The van der Waals surface area contributed by atoms with Crippen molar-refractivity contribution in [1.29, 1.82) is 0 Å². The number of nitrogens with zero attached hydrogens (tertiary/aromatic N) is 1. The van der Waals surface area contributed by atoms with E-state index in [2.05, 4.69) is 0 Å². The van der Waals surface area contributed by atoms with Crippen LogP contribution < -0.4 is 0 Å². The van der Waals surface area contributed by atoms with Crippen molar-refractivity contribution in [3.8, 4) is 0 Å². The van der Waals surface area contributed by atoms with E-state index >= 15 is 0 Å². The zero-order valence-electron chi connectivity index (χ0n) is 9.13. The van der Waals surface area contributed by atoms with Crippen LogP contribution in [0.3, 0.4) is 0 Å². The molecule has 0 aromatic carbocycles. The minimum absolute atomic E-state index is 0.0879. The van der Waals surface area contributed by atoms with Gasteiger partial charge in [-0.1, -0.05) is 5.23 Å². The summed E-state index contributed by atoms with van der Waals surface area (Å²) in [7, 11) is 0. The Bertz CT molecular complexity index is 126. The lowest BCUT2D eigenvalue weighted by atomic mass is 10.2. The van der Waals surface area contributed by atoms with Crippen LogP contribution in [0.25, 0.3) is 0 Å². The summed E-state index contributed by atoms with van der Waals surface area (Å²) in [5, 5.41) is 27.4. The van der Waals surface area contributed by atoms with E-state index in [4.69, 9.17) is 25.0 Å². The minimum atomic E-state index is -0.345. The molecule has 3 N–H and O–H groups in total. The van der Waals surface area contributed by atoms with Crippen molar-refractivity contribution in [3.05, 3.63) is 0 Å². The maximum Gasteiger partial charge on any atom is 0.0942 e. The Morgan fingerprint density at radius 1 is 1.13 bits per heavy atom. The number of aliphatic hydroxyl groups excluding tert-OH is 3. The maximum absolute atomic E-state index is 9.04. The van der Waals surface area contributed by atoms with E-state index < -0.39 is 0 Å². The average molecular weight is 223 g/mol. The first-order chi connectivity index (χ1) is 7.20. The first-order valence-electron chi connectivity index (χ1n) is 5.13. The predicted octanol–water partition coefficient (Wildman–Crippen LogP) is -0.703. The van der Waals surface area contributed by atoms with E-state index in [-0.39, 0.29) is 32.5 Å². The van der Waals surface area contributed by atoms with Gasteiger partial charge in [0.2, 0.25) is 0 Å². The second-order valence-electron chi connectivity index (χ2n) is 3.16. The van der Waals surface area contributed by atoms with Gasteiger partial charge in [-0.25, -0.2) is 0 Å². The van der Waals surface area contributed by atoms with E-state index in [9.17, 15) is 0 Å². The van der Waals surface area contributed by atoms with Crippen LogP contribution in [0, 0.1) is 0 Å². The highest BCUT2D eigenvalue weighted by molar-refractivity contribution is 4.47. The second-order valence-corrected chi connectivity index (χ2v) is 3.16. The highest BCUT2D eigenvalue weighted by atomic mass is 16.9. The highest BCUT2D eigenvalue weighted by Crippen LogP contribution is 2.00. The number of aliphatic hydroxyl groups is 3. The second kappa shape index (κ2) is 10.3. The van der Waals surface area contributed by atoms with E-state index in [1.54, 1.807) is 6.92 Å². The molecule has 15 heavy (non-hydrogen) atoms. The maximum atomic E-state index is 9.04. The molecule has 0 aliphatic carbocycles. The highest BCUT2D eigenvalue weighted by Gasteiger charge is 2.06. The molecule has 0 amide bonds. The zero-order chi connectivity index (χ0) is 11.5. The third-order valence-corrected chi connectivity index (χ3v) is 1.62. The Balaban J connectivity index is 3.58. The third-order valence-electron chi connectivity index (χ3n) is 1.62. The summed E-state index contributed by atoms with van der Waals surface area (Å²) in [6, 6.07) is 0. The zero-order valence-corrected chi connectivity index (χ0v) is 9.13. The molecule has 0 heterocycles. The fraction of sp³-hybridized carbons (Fsp3) is 1.00. The van der Waals surface area contributed by atoms with Gasteiger partial charge in [0.25, 0.3) is 0 Å². The first-order valence-corrected chi connectivity index (χ1v) is 5.13. The molecule has 1 atom stereocenters. The van der Waals surface area contributed by atoms with Crippen LogP contribution in [-0.2, 0) is 9.68 Å². The standard InChI is InChI=1S/C9H21NO5/c1-9(13)3-2-4-10(14-7-5-11)15-8-6-12/h9,11-13H,2-8H2,1H3. The van der Waals surface area contributed by atoms with Crippen LogP contribution in [0.15, 0.2) is 0 Å².